The molecule has 0 unspecified atom stereocenters. The largest absolute Gasteiger partial charge is 0.358 e. The molecule has 6 aromatic carbocycles. The first-order valence-electron chi connectivity index (χ1n) is 28.1. The molecule has 0 aromatic heterocycles. The van der Waals surface area contributed by atoms with Gasteiger partial charge in [-0.2, -0.15) is 0 Å². The minimum absolute atomic E-state index is 0. The number of aliphatic hydroxyl groups is 2. The van der Waals surface area contributed by atoms with Gasteiger partial charge in [-0.1, -0.05) is 0 Å². The molecule has 0 radical (unpaired) electrons. The molecule has 6 rings (SSSR count). The van der Waals surface area contributed by atoms with E-state index in [2.05, 4.69) is 147 Å². The first-order chi connectivity index (χ1) is 35.1. The summed E-state index contributed by atoms with van der Waals surface area (Å²) >= 11 is -3.40. The summed E-state index contributed by atoms with van der Waals surface area (Å²) in [7, 11) is 0. The van der Waals surface area contributed by atoms with Crippen molar-refractivity contribution in [2.45, 2.75) is 208 Å². The Hall–Kier alpha value is -4.19. The number of benzene rings is 6. The van der Waals surface area contributed by atoms with E-state index >= 15 is 8.78 Å². The van der Waals surface area contributed by atoms with Crippen molar-refractivity contribution < 1.29 is 54.7 Å². The Morgan fingerprint density at radius 1 is 0.412 bits per heavy atom. The fraction of sp³-hybridized carbons (Fsp3) is 0.472. The molecule has 0 aliphatic heterocycles. The summed E-state index contributed by atoms with van der Waals surface area (Å²) in [4.78, 5) is 0. The van der Waals surface area contributed by atoms with E-state index in [-0.39, 0.29) is 83.7 Å². The molecule has 0 aliphatic rings. The number of hydrogen-bond donors (Lipinski definition) is 2. The Balaban J connectivity index is 0.00000560. The quantitative estimate of drug-likeness (QED) is 0.0728. The van der Waals surface area contributed by atoms with Crippen molar-refractivity contribution in [3.8, 4) is 67.5 Å². The third-order valence-electron chi connectivity index (χ3n) is 16.2. The molecule has 0 heterocycles. The maximum absolute atomic E-state index is 17.8. The van der Waals surface area contributed by atoms with Crippen molar-refractivity contribution in [3.63, 3.8) is 0 Å². The summed E-state index contributed by atoms with van der Waals surface area (Å²) in [6.07, 6.45) is 0. The third kappa shape index (κ3) is 14.9. The van der Waals surface area contributed by atoms with Gasteiger partial charge in [0.25, 0.3) is 0 Å². The monoisotopic (exact) mass is 1230 g/mol. The predicted octanol–water partition coefficient (Wildman–Crippen LogP) is 20.9. The molecule has 0 aliphatic carbocycles. The number of ether oxygens (including phenoxy) is 2. The number of hydrogen-bond acceptors (Lipinski definition) is 2. The second-order valence-electron chi connectivity index (χ2n) is 29.3. The van der Waals surface area contributed by atoms with Crippen molar-refractivity contribution in [1.82, 2.24) is 0 Å². The summed E-state index contributed by atoms with van der Waals surface area (Å²) in [5.74, 6) is 0.230. The molecule has 0 bridgehead atoms. The van der Waals surface area contributed by atoms with Crippen LogP contribution in [0.25, 0.3) is 44.5 Å². The molecule has 0 atom stereocenters. The third-order valence-corrected chi connectivity index (χ3v) is 29.0. The Bertz CT molecular complexity index is 2880. The zero-order valence-electron chi connectivity index (χ0n) is 54.2. The zero-order valence-corrected chi connectivity index (χ0v) is 58.8. The molecule has 0 saturated heterocycles. The Kier molecular flexibility index (Phi) is 21.9. The summed E-state index contributed by atoms with van der Waals surface area (Å²) < 4.78 is 46.9. The smallest absolute Gasteiger partial charge is 0 e. The van der Waals surface area contributed by atoms with Crippen LogP contribution in [0.5, 0.6) is 23.0 Å². The fourth-order valence-electron chi connectivity index (χ4n) is 10.7. The maximum Gasteiger partial charge on any atom is 0 e. The second-order valence-corrected chi connectivity index (χ2v) is 40.7. The summed E-state index contributed by atoms with van der Waals surface area (Å²) in [6, 6.07) is 28.6. The molecular weight excluding hydrogens is 1130 g/mol. The van der Waals surface area contributed by atoms with Gasteiger partial charge in [0.1, 0.15) is 0 Å². The standard InChI is InChI=1S/C70H94F2GeO4.2CH3.Zr/c1-41(2)73(42(3)4,39-76-57-27-25-55(69(19,20)21)61(71)59(57)53-31-43(5)29-51(63(53)74)45-33-47(65(7,8)9)37-48(34-45)66(10,11)12)40-77-58-28-26-56(70(22,23)24)62(72)60(58)54-32-44(6)30-52(64(54)75)46-35-49(67(13,14)15)38-50(36-46)68(16,17)18;;;/h25-38,41-42,74-75H,39-40H2,1-24H3;2*1H3;/q;2*-1;/p+2. The molecule has 0 amide bonds. The van der Waals surface area contributed by atoms with Crippen LogP contribution in [-0.4, -0.2) is 43.8 Å². The molecule has 4 N–H and O–H groups in total. The van der Waals surface area contributed by atoms with E-state index in [1.807, 2.05) is 104 Å². The fourth-order valence-corrected chi connectivity index (χ4v) is 18.7. The SMILES string of the molecule is Cc1cc(-c2cc(C(C)(C)C)cc(C(C)(C)C)c2)c(O)c(-c2c([OH+][CH2][Ge]([CH2][OH+]c3ccc(C(C)(C)C)c(F)c3-c3cc(C)cc(-c4cc(C(C)(C)C)cc(C(C)(C)C)c4)c3O)([CH](C)C)[CH](C)C)ccc(C(C)(C)C)c2F)c1.[CH3-].[CH3-].[Zr]. The van der Waals surface area contributed by atoms with Gasteiger partial charge in [0.05, 0.1) is 0 Å². The Labute approximate surface area is 506 Å². The molecule has 436 valence electrons. The average molecular weight is 1230 g/mol. The van der Waals surface area contributed by atoms with Crippen molar-refractivity contribution in [2.24, 2.45) is 0 Å². The number of rotatable bonds is 12. The van der Waals surface area contributed by atoms with E-state index in [0.717, 1.165) is 44.5 Å². The maximum atomic E-state index is 17.8. The molecule has 0 saturated carbocycles. The van der Waals surface area contributed by atoms with Gasteiger partial charge in [0.2, 0.25) is 0 Å². The van der Waals surface area contributed by atoms with Crippen molar-refractivity contribution in [2.75, 3.05) is 10.9 Å². The van der Waals surface area contributed by atoms with Crippen molar-refractivity contribution >= 4 is 13.3 Å². The summed E-state index contributed by atoms with van der Waals surface area (Å²) in [5, 5.41) is 25.2. The first kappa shape index (κ1) is 70.1. The predicted molar refractivity (Wildman–Crippen MR) is 341 cm³/mol. The van der Waals surface area contributed by atoms with Gasteiger partial charge in [-0.3, -0.25) is 0 Å². The average Bonchev–Trinajstić information content (AvgIpc) is 3.28. The van der Waals surface area contributed by atoms with Gasteiger partial charge in [-0.05, 0) is 0 Å². The topological polar surface area (TPSA) is 66.1 Å². The van der Waals surface area contributed by atoms with E-state index in [0.29, 0.717) is 66.9 Å². The van der Waals surface area contributed by atoms with E-state index < -0.39 is 35.7 Å². The van der Waals surface area contributed by atoms with Gasteiger partial charge < -0.3 is 14.9 Å². The number of aryl methyl sites for hydroxylation is 2. The number of phenols is 2. The minimum atomic E-state index is -3.40. The van der Waals surface area contributed by atoms with Gasteiger partial charge in [0, 0.05) is 26.2 Å². The van der Waals surface area contributed by atoms with Crippen molar-refractivity contribution in [1.29, 1.82) is 0 Å². The molecule has 80 heavy (non-hydrogen) atoms. The van der Waals surface area contributed by atoms with Gasteiger partial charge in [0.15, 0.2) is 0 Å². The van der Waals surface area contributed by atoms with Crippen LogP contribution in [-0.2, 0) is 58.7 Å². The number of aromatic hydroxyl groups is 4. The number of halogens is 2. The van der Waals surface area contributed by atoms with Crippen LogP contribution in [0, 0.1) is 40.3 Å². The molecule has 6 aromatic rings. The zero-order chi connectivity index (χ0) is 58.1. The van der Waals surface area contributed by atoms with Crippen LogP contribution >= 0.6 is 0 Å². The molecule has 8 heteroatoms. The molecule has 0 fully saturated rings. The van der Waals surface area contributed by atoms with Crippen LogP contribution in [0.3, 0.4) is 0 Å². The van der Waals surface area contributed by atoms with Crippen LogP contribution in [0.15, 0.2) is 84.9 Å². The van der Waals surface area contributed by atoms with Crippen LogP contribution in [0.1, 0.15) is 197 Å². The normalized spacial score (nSPS) is 12.8. The van der Waals surface area contributed by atoms with Gasteiger partial charge in [-0.15, -0.1) is 0 Å². The van der Waals surface area contributed by atoms with Crippen LogP contribution in [0.2, 0.25) is 9.50 Å². The minimum Gasteiger partial charge on any atom is -0.358 e. The molecular formula is C72H102F2GeO4Zr. The van der Waals surface area contributed by atoms with E-state index in [1.165, 1.54) is 0 Å². The summed E-state index contributed by atoms with van der Waals surface area (Å²) in [5.41, 5.74) is 11.2. The Morgan fingerprint density at radius 2 is 0.675 bits per heavy atom. The Morgan fingerprint density at radius 3 is 0.912 bits per heavy atom. The van der Waals surface area contributed by atoms with E-state index in [4.69, 9.17) is 9.47 Å². The number of phenolic OH excluding ortho intramolecular Hbond substituents is 2. The van der Waals surface area contributed by atoms with Gasteiger partial charge in [-0.25, -0.2) is 0 Å². The van der Waals surface area contributed by atoms with E-state index in [1.54, 1.807) is 0 Å². The molecule has 4 nitrogen and oxygen atoms in total. The first-order valence-corrected chi connectivity index (χ1v) is 33.5. The van der Waals surface area contributed by atoms with Crippen LogP contribution in [0.4, 0.5) is 8.78 Å². The second kappa shape index (κ2) is 24.9. The molecule has 0 spiro atoms. The van der Waals surface area contributed by atoms with Crippen LogP contribution < -0.4 is 0 Å². The van der Waals surface area contributed by atoms with E-state index in [9.17, 15) is 10.2 Å². The van der Waals surface area contributed by atoms with Crippen molar-refractivity contribution in [3.05, 3.63) is 156 Å². The van der Waals surface area contributed by atoms with Gasteiger partial charge >= 0.3 is 469 Å². The summed E-state index contributed by atoms with van der Waals surface area (Å²) in [6.45, 7) is 51.5.